The Bertz CT molecular complexity index is 1550. The standard InChI is InChI=1S/C28H31N5O2/c1-6-35-31-16(4)17-7-10-23-19(11-17)25-20-12-29-28(34)26(20)24-18(27(25)33(23)13-15(2)3)8-9-22-21(24)14-32(5)30-22/h7,10-11,14-15H,6,8-9,12-13H2,1-5H3,(H,29,34)/b31-16+. The summed E-state index contributed by atoms with van der Waals surface area (Å²) in [6.07, 6.45) is 3.84. The highest BCUT2D eigenvalue weighted by Crippen LogP contribution is 2.47. The first kappa shape index (κ1) is 21.9. The van der Waals surface area contributed by atoms with E-state index in [4.69, 9.17) is 9.94 Å². The summed E-state index contributed by atoms with van der Waals surface area (Å²) < 4.78 is 4.36. The number of aryl methyl sites for hydroxylation is 3. The van der Waals surface area contributed by atoms with Gasteiger partial charge in [0.25, 0.3) is 5.91 Å². The first-order chi connectivity index (χ1) is 16.9. The quantitative estimate of drug-likeness (QED) is 0.332. The molecule has 1 aliphatic heterocycles. The number of nitrogens with one attached hydrogen (secondary N) is 1. The third-order valence-electron chi connectivity index (χ3n) is 7.24. The monoisotopic (exact) mass is 469 g/mol. The number of rotatable bonds is 5. The van der Waals surface area contributed by atoms with Crippen molar-refractivity contribution in [2.75, 3.05) is 6.61 Å². The molecule has 7 nitrogen and oxygen atoms in total. The molecule has 2 aromatic heterocycles. The van der Waals surface area contributed by atoms with Crippen molar-refractivity contribution in [2.24, 2.45) is 18.1 Å². The Hall–Kier alpha value is -3.61. The topological polar surface area (TPSA) is 73.4 Å². The second-order valence-corrected chi connectivity index (χ2v) is 10.1. The number of hydrogen-bond donors (Lipinski definition) is 1. The summed E-state index contributed by atoms with van der Waals surface area (Å²) >= 11 is 0. The van der Waals surface area contributed by atoms with E-state index in [9.17, 15) is 4.79 Å². The fraction of sp³-hybridized carbons (Fsp3) is 0.393. The van der Waals surface area contributed by atoms with Gasteiger partial charge < -0.3 is 14.7 Å². The maximum absolute atomic E-state index is 13.2. The number of amides is 1. The van der Waals surface area contributed by atoms with E-state index in [0.29, 0.717) is 19.1 Å². The molecule has 0 unspecified atom stereocenters. The zero-order valence-electron chi connectivity index (χ0n) is 21.0. The summed E-state index contributed by atoms with van der Waals surface area (Å²) in [6, 6.07) is 6.56. The molecule has 2 aliphatic rings. The molecule has 0 bridgehead atoms. The van der Waals surface area contributed by atoms with Gasteiger partial charge in [0.05, 0.1) is 22.5 Å². The van der Waals surface area contributed by atoms with Crippen LogP contribution in [0.2, 0.25) is 0 Å². The summed E-state index contributed by atoms with van der Waals surface area (Å²) in [5, 5.41) is 14.5. The Balaban J connectivity index is 1.76. The van der Waals surface area contributed by atoms with E-state index in [2.05, 4.69) is 53.3 Å². The molecule has 1 amide bonds. The number of oxime groups is 1. The summed E-state index contributed by atoms with van der Waals surface area (Å²) in [7, 11) is 1.96. The molecular weight excluding hydrogens is 438 g/mol. The van der Waals surface area contributed by atoms with Gasteiger partial charge in [0.2, 0.25) is 0 Å². The van der Waals surface area contributed by atoms with Gasteiger partial charge in [-0.25, -0.2) is 0 Å². The minimum atomic E-state index is 0.0184. The van der Waals surface area contributed by atoms with E-state index in [1.54, 1.807) is 0 Å². The molecule has 2 aromatic carbocycles. The van der Waals surface area contributed by atoms with E-state index in [1.807, 2.05) is 25.6 Å². The number of hydrogen-bond acceptors (Lipinski definition) is 4. The first-order valence-electron chi connectivity index (χ1n) is 12.5. The van der Waals surface area contributed by atoms with Crippen molar-refractivity contribution in [2.45, 2.75) is 53.6 Å². The molecule has 35 heavy (non-hydrogen) atoms. The lowest BCUT2D eigenvalue weighted by atomic mass is 9.82. The van der Waals surface area contributed by atoms with Crippen LogP contribution >= 0.6 is 0 Å². The van der Waals surface area contributed by atoms with Gasteiger partial charge in [0.15, 0.2) is 0 Å². The third-order valence-corrected chi connectivity index (χ3v) is 7.24. The van der Waals surface area contributed by atoms with Gasteiger partial charge >= 0.3 is 0 Å². The van der Waals surface area contributed by atoms with Crippen LogP contribution in [0.3, 0.4) is 0 Å². The zero-order chi connectivity index (χ0) is 24.4. The molecule has 3 heterocycles. The van der Waals surface area contributed by atoms with Crippen LogP contribution in [0.1, 0.15) is 60.4 Å². The van der Waals surface area contributed by atoms with Crippen LogP contribution in [0.5, 0.6) is 0 Å². The van der Waals surface area contributed by atoms with Crippen LogP contribution in [0.25, 0.3) is 32.9 Å². The summed E-state index contributed by atoms with van der Waals surface area (Å²) in [5.41, 5.74) is 10.8. The van der Waals surface area contributed by atoms with Crippen LogP contribution < -0.4 is 5.32 Å². The fourth-order valence-electron chi connectivity index (χ4n) is 5.91. The molecule has 0 fully saturated rings. The van der Waals surface area contributed by atoms with Crippen LogP contribution in [-0.2, 0) is 37.8 Å². The number of carbonyl (C=O) groups excluding carboxylic acids is 1. The Morgan fingerprint density at radius 1 is 1.23 bits per heavy atom. The van der Waals surface area contributed by atoms with E-state index in [0.717, 1.165) is 58.6 Å². The van der Waals surface area contributed by atoms with Crippen molar-refractivity contribution in [3.05, 3.63) is 52.3 Å². The Kier molecular flexibility index (Phi) is 4.99. The van der Waals surface area contributed by atoms with Crippen LogP contribution in [0, 0.1) is 5.92 Å². The molecule has 0 radical (unpaired) electrons. The maximum Gasteiger partial charge on any atom is 0.252 e. The molecule has 4 aromatic rings. The van der Waals surface area contributed by atoms with E-state index in [1.165, 1.54) is 27.4 Å². The minimum Gasteiger partial charge on any atom is -0.396 e. The second-order valence-electron chi connectivity index (χ2n) is 10.1. The van der Waals surface area contributed by atoms with E-state index in [-0.39, 0.29) is 5.91 Å². The smallest absolute Gasteiger partial charge is 0.252 e. The fourth-order valence-corrected chi connectivity index (χ4v) is 5.91. The van der Waals surface area contributed by atoms with Crippen LogP contribution in [0.4, 0.5) is 0 Å². The number of fused-ring (bicyclic) bond motifs is 10. The largest absolute Gasteiger partial charge is 0.396 e. The number of aromatic nitrogens is 3. The molecule has 0 saturated heterocycles. The van der Waals surface area contributed by atoms with Gasteiger partial charge in [-0.2, -0.15) is 5.10 Å². The third kappa shape index (κ3) is 3.21. The highest BCUT2D eigenvalue weighted by Gasteiger charge is 2.35. The van der Waals surface area contributed by atoms with Crippen LogP contribution in [0.15, 0.2) is 29.6 Å². The molecule has 0 atom stereocenters. The highest BCUT2D eigenvalue weighted by atomic mass is 16.6. The molecule has 0 spiro atoms. The van der Waals surface area contributed by atoms with Gasteiger partial charge in [-0.05, 0) is 61.4 Å². The van der Waals surface area contributed by atoms with Gasteiger partial charge in [-0.15, -0.1) is 0 Å². The van der Waals surface area contributed by atoms with Crippen molar-refractivity contribution in [1.82, 2.24) is 19.7 Å². The van der Waals surface area contributed by atoms with Crippen molar-refractivity contribution in [1.29, 1.82) is 0 Å². The summed E-state index contributed by atoms with van der Waals surface area (Å²) in [5.74, 6) is 0.501. The Morgan fingerprint density at radius 3 is 2.83 bits per heavy atom. The van der Waals surface area contributed by atoms with Crippen molar-refractivity contribution < 1.29 is 9.63 Å². The zero-order valence-corrected chi connectivity index (χ0v) is 21.0. The Morgan fingerprint density at radius 2 is 2.06 bits per heavy atom. The lowest BCUT2D eigenvalue weighted by Crippen LogP contribution is -2.15. The van der Waals surface area contributed by atoms with E-state index >= 15 is 0 Å². The molecule has 6 rings (SSSR count). The number of carbonyl (C=O) groups is 1. The van der Waals surface area contributed by atoms with Gasteiger partial charge in [0, 0.05) is 53.8 Å². The van der Waals surface area contributed by atoms with Gasteiger partial charge in [-0.3, -0.25) is 9.48 Å². The number of nitrogens with zero attached hydrogens (tertiary/aromatic N) is 4. The predicted molar refractivity (Wildman–Crippen MR) is 139 cm³/mol. The van der Waals surface area contributed by atoms with Crippen LogP contribution in [-0.4, -0.2) is 32.6 Å². The minimum absolute atomic E-state index is 0.0184. The molecule has 1 N–H and O–H groups in total. The maximum atomic E-state index is 13.2. The lowest BCUT2D eigenvalue weighted by molar-refractivity contribution is 0.0966. The SMILES string of the molecule is CCO/N=C(\C)c1ccc2c(c1)c1c3c(c4c(c1n2CC(C)C)CCc1nn(C)cc1-4)C(=O)NC3. The van der Waals surface area contributed by atoms with Gasteiger partial charge in [-0.1, -0.05) is 25.1 Å². The summed E-state index contributed by atoms with van der Waals surface area (Å²) in [6.45, 7) is 10.4. The molecule has 0 saturated carbocycles. The van der Waals surface area contributed by atoms with Crippen molar-refractivity contribution in [3.8, 4) is 11.1 Å². The normalized spacial score (nSPS) is 15.0. The highest BCUT2D eigenvalue weighted by molar-refractivity contribution is 6.20. The average molecular weight is 470 g/mol. The van der Waals surface area contributed by atoms with Crippen molar-refractivity contribution in [3.63, 3.8) is 0 Å². The number of benzene rings is 2. The molecular formula is C28H31N5O2. The van der Waals surface area contributed by atoms with Crippen molar-refractivity contribution >= 4 is 33.4 Å². The predicted octanol–water partition coefficient (Wildman–Crippen LogP) is 4.95. The average Bonchev–Trinajstić information content (AvgIpc) is 3.50. The lowest BCUT2D eigenvalue weighted by Gasteiger charge is -2.22. The Labute approximate surface area is 204 Å². The van der Waals surface area contributed by atoms with Gasteiger partial charge in [0.1, 0.15) is 6.61 Å². The molecule has 1 aliphatic carbocycles. The first-order valence-corrected chi connectivity index (χ1v) is 12.5. The second kappa shape index (κ2) is 7.97. The van der Waals surface area contributed by atoms with E-state index < -0.39 is 0 Å². The molecule has 7 heteroatoms. The molecule has 180 valence electrons. The summed E-state index contributed by atoms with van der Waals surface area (Å²) in [4.78, 5) is 18.6.